The zero-order valence-electron chi connectivity index (χ0n) is 8.62. The van der Waals surface area contributed by atoms with Crippen LogP contribution in [0.1, 0.15) is 33.1 Å². The van der Waals surface area contributed by atoms with E-state index in [1.54, 1.807) is 0 Å². The van der Waals surface area contributed by atoms with Crippen molar-refractivity contribution in [3.8, 4) is 0 Å². The molecule has 0 amide bonds. The van der Waals surface area contributed by atoms with Gasteiger partial charge >= 0.3 is 0 Å². The molecule has 1 rings (SSSR count). The summed E-state index contributed by atoms with van der Waals surface area (Å²) in [6.07, 6.45) is 3.66. The van der Waals surface area contributed by atoms with E-state index in [1.165, 1.54) is 0 Å². The van der Waals surface area contributed by atoms with Gasteiger partial charge in [-0.2, -0.15) is 0 Å². The molecule has 0 spiro atoms. The molecular weight excluding hydrogens is 166 g/mol. The maximum absolute atomic E-state index is 8.89. The Bertz CT molecular complexity index is 139. The number of aliphatic hydroxyl groups is 1. The highest BCUT2D eigenvalue weighted by atomic mass is 16.5. The van der Waals surface area contributed by atoms with E-state index in [-0.39, 0.29) is 12.6 Å². The number of nitrogens with one attached hydrogen (secondary N) is 1. The molecule has 0 aromatic heterocycles. The fraction of sp³-hybridized carbons (Fsp3) is 1.00. The lowest BCUT2D eigenvalue weighted by Gasteiger charge is -2.31. The van der Waals surface area contributed by atoms with Crippen LogP contribution in [0.2, 0.25) is 0 Å². The molecule has 3 heteroatoms. The topological polar surface area (TPSA) is 41.5 Å². The number of hydrogen-bond donors (Lipinski definition) is 2. The highest BCUT2D eigenvalue weighted by molar-refractivity contribution is 4.78. The van der Waals surface area contributed by atoms with Crippen molar-refractivity contribution in [3.63, 3.8) is 0 Å². The molecule has 0 aromatic carbocycles. The molecule has 0 saturated carbocycles. The zero-order chi connectivity index (χ0) is 9.68. The summed E-state index contributed by atoms with van der Waals surface area (Å²) in [6, 6.07) is 0.737. The van der Waals surface area contributed by atoms with Crippen LogP contribution in [0.4, 0.5) is 0 Å². The second-order valence-electron chi connectivity index (χ2n) is 3.87. The Balaban J connectivity index is 2.25. The Labute approximate surface area is 80.5 Å². The molecule has 3 atom stereocenters. The summed E-state index contributed by atoms with van der Waals surface area (Å²) in [4.78, 5) is 0. The first kappa shape index (κ1) is 11.0. The fourth-order valence-corrected chi connectivity index (χ4v) is 1.77. The molecular formula is C10H21NO2. The second-order valence-corrected chi connectivity index (χ2v) is 3.87. The van der Waals surface area contributed by atoms with Crippen molar-refractivity contribution in [1.82, 2.24) is 5.32 Å². The van der Waals surface area contributed by atoms with Crippen LogP contribution in [0.15, 0.2) is 0 Å². The van der Waals surface area contributed by atoms with Crippen LogP contribution < -0.4 is 5.32 Å². The average Bonchev–Trinajstić information content (AvgIpc) is 2.18. The van der Waals surface area contributed by atoms with E-state index in [0.717, 1.165) is 25.9 Å². The van der Waals surface area contributed by atoms with E-state index in [1.807, 2.05) is 6.92 Å². The first-order chi connectivity index (χ1) is 6.26. The summed E-state index contributed by atoms with van der Waals surface area (Å²) in [5, 5.41) is 12.3. The van der Waals surface area contributed by atoms with E-state index in [4.69, 9.17) is 9.84 Å². The molecule has 0 bridgehead atoms. The molecule has 0 radical (unpaired) electrons. The Morgan fingerprint density at radius 1 is 1.62 bits per heavy atom. The molecule has 0 aliphatic carbocycles. The molecule has 3 unspecified atom stereocenters. The first-order valence-corrected chi connectivity index (χ1v) is 5.24. The molecule has 1 aliphatic rings. The van der Waals surface area contributed by atoms with Crippen LogP contribution in [-0.4, -0.2) is 36.5 Å². The van der Waals surface area contributed by atoms with E-state index in [2.05, 4.69) is 12.2 Å². The molecule has 0 aromatic rings. The van der Waals surface area contributed by atoms with Crippen molar-refractivity contribution in [2.24, 2.45) is 0 Å². The van der Waals surface area contributed by atoms with E-state index in [0.29, 0.717) is 12.1 Å². The third-order valence-corrected chi connectivity index (χ3v) is 2.62. The largest absolute Gasteiger partial charge is 0.395 e. The minimum Gasteiger partial charge on any atom is -0.395 e. The minimum atomic E-state index is 0.209. The van der Waals surface area contributed by atoms with Crippen molar-refractivity contribution >= 4 is 0 Å². The summed E-state index contributed by atoms with van der Waals surface area (Å²) < 4.78 is 5.57. The lowest BCUT2D eigenvalue weighted by atomic mass is 10.0. The fourth-order valence-electron chi connectivity index (χ4n) is 1.77. The smallest absolute Gasteiger partial charge is 0.0587 e. The predicted octanol–water partition coefficient (Wildman–Crippen LogP) is 0.914. The van der Waals surface area contributed by atoms with Gasteiger partial charge in [0.25, 0.3) is 0 Å². The van der Waals surface area contributed by atoms with Crippen LogP contribution in [0.3, 0.4) is 0 Å². The van der Waals surface area contributed by atoms with Gasteiger partial charge in [0.15, 0.2) is 0 Å². The number of hydrogen-bond acceptors (Lipinski definition) is 3. The highest BCUT2D eigenvalue weighted by Gasteiger charge is 2.21. The Hall–Kier alpha value is -0.120. The molecule has 78 valence electrons. The van der Waals surface area contributed by atoms with Gasteiger partial charge in [0, 0.05) is 18.7 Å². The lowest BCUT2D eigenvalue weighted by molar-refractivity contribution is -0.00276. The van der Waals surface area contributed by atoms with Crippen LogP contribution in [0.25, 0.3) is 0 Å². The van der Waals surface area contributed by atoms with Gasteiger partial charge in [-0.3, -0.25) is 0 Å². The molecule has 1 aliphatic heterocycles. The Morgan fingerprint density at radius 2 is 2.38 bits per heavy atom. The molecule has 1 saturated heterocycles. The summed E-state index contributed by atoms with van der Waals surface area (Å²) >= 11 is 0. The lowest BCUT2D eigenvalue weighted by Crippen LogP contribution is -2.44. The summed E-state index contributed by atoms with van der Waals surface area (Å²) in [7, 11) is 0. The summed E-state index contributed by atoms with van der Waals surface area (Å²) in [6.45, 7) is 5.24. The van der Waals surface area contributed by atoms with Crippen molar-refractivity contribution in [2.75, 3.05) is 13.2 Å². The third kappa shape index (κ3) is 3.63. The van der Waals surface area contributed by atoms with Crippen molar-refractivity contribution in [3.05, 3.63) is 0 Å². The molecule has 2 N–H and O–H groups in total. The van der Waals surface area contributed by atoms with Crippen LogP contribution >= 0.6 is 0 Å². The van der Waals surface area contributed by atoms with Gasteiger partial charge in [0.2, 0.25) is 0 Å². The van der Waals surface area contributed by atoms with Gasteiger partial charge in [0.1, 0.15) is 0 Å². The van der Waals surface area contributed by atoms with E-state index >= 15 is 0 Å². The van der Waals surface area contributed by atoms with Gasteiger partial charge in [-0.25, -0.2) is 0 Å². The molecule has 1 heterocycles. The first-order valence-electron chi connectivity index (χ1n) is 5.24. The summed E-state index contributed by atoms with van der Waals surface area (Å²) in [5.74, 6) is 0. The van der Waals surface area contributed by atoms with Gasteiger partial charge in [-0.1, -0.05) is 6.92 Å². The van der Waals surface area contributed by atoms with Gasteiger partial charge in [-0.15, -0.1) is 0 Å². The van der Waals surface area contributed by atoms with Crippen LogP contribution in [0, 0.1) is 0 Å². The Kier molecular flexibility index (Phi) is 4.70. The Morgan fingerprint density at radius 3 is 3.00 bits per heavy atom. The molecule has 3 nitrogen and oxygen atoms in total. The van der Waals surface area contributed by atoms with Crippen LogP contribution in [-0.2, 0) is 4.74 Å². The average molecular weight is 187 g/mol. The number of aliphatic hydroxyl groups excluding tert-OH is 1. The van der Waals surface area contributed by atoms with Crippen molar-refractivity contribution in [1.29, 1.82) is 0 Å². The minimum absolute atomic E-state index is 0.209. The van der Waals surface area contributed by atoms with Gasteiger partial charge < -0.3 is 15.2 Å². The van der Waals surface area contributed by atoms with E-state index in [9.17, 15) is 0 Å². The second kappa shape index (κ2) is 5.58. The normalized spacial score (nSPS) is 31.6. The van der Waals surface area contributed by atoms with Gasteiger partial charge in [0.05, 0.1) is 12.7 Å². The maximum atomic E-state index is 8.89. The maximum Gasteiger partial charge on any atom is 0.0587 e. The molecule has 13 heavy (non-hydrogen) atoms. The third-order valence-electron chi connectivity index (χ3n) is 2.62. The molecule has 1 fully saturated rings. The predicted molar refractivity (Wildman–Crippen MR) is 52.7 cm³/mol. The van der Waals surface area contributed by atoms with Gasteiger partial charge in [-0.05, 0) is 26.2 Å². The van der Waals surface area contributed by atoms with Crippen LogP contribution in [0.5, 0.6) is 0 Å². The standard InChI is InChI=1S/C10H21NO2/c1-3-10-6-9(4-5-13-10)11-8(2)7-12/h8-12H,3-7H2,1-2H3. The monoisotopic (exact) mass is 187 g/mol. The zero-order valence-corrected chi connectivity index (χ0v) is 8.62. The number of rotatable bonds is 4. The summed E-state index contributed by atoms with van der Waals surface area (Å²) in [5.41, 5.74) is 0. The highest BCUT2D eigenvalue weighted by Crippen LogP contribution is 2.16. The van der Waals surface area contributed by atoms with Crippen molar-refractivity contribution in [2.45, 2.75) is 51.3 Å². The SMILES string of the molecule is CCC1CC(NC(C)CO)CCO1. The van der Waals surface area contributed by atoms with E-state index < -0.39 is 0 Å². The van der Waals surface area contributed by atoms with Crippen molar-refractivity contribution < 1.29 is 9.84 Å². The number of ether oxygens (including phenoxy) is 1. The quantitative estimate of drug-likeness (QED) is 0.687.